The van der Waals surface area contributed by atoms with E-state index in [1.54, 1.807) is 6.92 Å². The highest BCUT2D eigenvalue weighted by Gasteiger charge is 2.15. The number of nitrogens with one attached hydrogen (secondary N) is 1. The van der Waals surface area contributed by atoms with Crippen LogP contribution in [-0.4, -0.2) is 38.5 Å². The highest BCUT2D eigenvalue weighted by molar-refractivity contribution is 7.89. The van der Waals surface area contributed by atoms with E-state index in [2.05, 4.69) is 40.6 Å². The monoisotopic (exact) mass is 324 g/mol. The van der Waals surface area contributed by atoms with Gasteiger partial charge in [-0.3, -0.25) is 0 Å². The van der Waals surface area contributed by atoms with Gasteiger partial charge in [0.05, 0.1) is 11.9 Å². The largest absolute Gasteiger partial charge is 0.381 e. The fourth-order valence-electron chi connectivity index (χ4n) is 2.55. The van der Waals surface area contributed by atoms with Crippen LogP contribution in [0.1, 0.15) is 18.1 Å². The lowest BCUT2D eigenvalue weighted by Crippen LogP contribution is -2.33. The second kappa shape index (κ2) is 6.81. The Hall–Kier alpha value is -1.37. The van der Waals surface area contributed by atoms with Crippen LogP contribution in [0, 0.1) is 6.92 Å². The molecule has 1 aromatic heterocycles. The third kappa shape index (κ3) is 4.09. The summed E-state index contributed by atoms with van der Waals surface area (Å²) in [6, 6.07) is 6.32. The molecule has 0 aliphatic heterocycles. The maximum Gasteiger partial charge on any atom is 0.214 e. The van der Waals surface area contributed by atoms with Crippen molar-refractivity contribution >= 4 is 20.9 Å². The van der Waals surface area contributed by atoms with Crippen molar-refractivity contribution in [2.45, 2.75) is 26.4 Å². The van der Waals surface area contributed by atoms with Crippen molar-refractivity contribution in [2.24, 2.45) is 7.05 Å². The summed E-state index contributed by atoms with van der Waals surface area (Å²) in [5, 5.41) is 1.18. The Labute approximate surface area is 132 Å². The topological polar surface area (TPSA) is 60.3 Å². The van der Waals surface area contributed by atoms with Crippen molar-refractivity contribution in [1.82, 2.24) is 9.29 Å². The molecule has 5 nitrogen and oxygen atoms in total. The predicted molar refractivity (Wildman–Crippen MR) is 89.6 cm³/mol. The Bertz CT molecular complexity index is 750. The van der Waals surface area contributed by atoms with Gasteiger partial charge in [0.15, 0.2) is 0 Å². The van der Waals surface area contributed by atoms with Crippen LogP contribution >= 0.6 is 0 Å². The molecule has 1 unspecified atom stereocenters. The summed E-state index contributed by atoms with van der Waals surface area (Å²) in [5.74, 6) is -0.0156. The molecule has 1 atom stereocenters. The van der Waals surface area contributed by atoms with Crippen LogP contribution < -0.4 is 4.72 Å². The normalized spacial score (nSPS) is 13.6. The van der Waals surface area contributed by atoms with Crippen molar-refractivity contribution < 1.29 is 13.2 Å². The zero-order valence-corrected chi connectivity index (χ0v) is 14.4. The number of fused-ring (bicyclic) bond motifs is 1. The third-order valence-electron chi connectivity index (χ3n) is 3.80. The van der Waals surface area contributed by atoms with E-state index in [-0.39, 0.29) is 11.9 Å². The Kier molecular flexibility index (Phi) is 5.26. The zero-order valence-electron chi connectivity index (χ0n) is 13.6. The molecular weight excluding hydrogens is 300 g/mol. The van der Waals surface area contributed by atoms with Crippen LogP contribution in [0.4, 0.5) is 0 Å². The lowest BCUT2D eigenvalue weighted by Gasteiger charge is -2.11. The van der Waals surface area contributed by atoms with Gasteiger partial charge in [-0.05, 0) is 37.5 Å². The molecule has 0 fully saturated rings. The molecule has 0 spiro atoms. The number of hydrogen-bond acceptors (Lipinski definition) is 3. The van der Waals surface area contributed by atoms with E-state index in [0.717, 1.165) is 5.56 Å². The molecule has 0 aliphatic rings. The first kappa shape index (κ1) is 17.0. The number of nitrogens with zero attached hydrogens (tertiary/aromatic N) is 1. The summed E-state index contributed by atoms with van der Waals surface area (Å²) < 4.78 is 33.5. The number of rotatable bonds is 7. The zero-order chi connectivity index (χ0) is 16.3. The molecule has 1 aromatic carbocycles. The first-order valence-corrected chi connectivity index (χ1v) is 9.02. The first-order chi connectivity index (χ1) is 10.3. The number of ether oxygens (including phenoxy) is 1. The van der Waals surface area contributed by atoms with Gasteiger partial charge in [0.1, 0.15) is 0 Å². The van der Waals surface area contributed by atoms with E-state index in [1.165, 1.54) is 23.6 Å². The summed E-state index contributed by atoms with van der Waals surface area (Å²) in [4.78, 5) is 0. The summed E-state index contributed by atoms with van der Waals surface area (Å²) in [5.41, 5.74) is 3.54. The molecule has 0 saturated carbocycles. The Morgan fingerprint density at radius 1 is 1.36 bits per heavy atom. The SMILES string of the molecule is COC(C)CS(=O)(=O)NCCc1cn(C)c2cc(C)ccc12. The van der Waals surface area contributed by atoms with Gasteiger partial charge in [-0.1, -0.05) is 12.1 Å². The molecule has 122 valence electrons. The fraction of sp³-hybridized carbons (Fsp3) is 0.500. The average molecular weight is 324 g/mol. The van der Waals surface area contributed by atoms with Crippen molar-refractivity contribution in [3.8, 4) is 0 Å². The number of sulfonamides is 1. The average Bonchev–Trinajstić information content (AvgIpc) is 2.74. The van der Waals surface area contributed by atoms with Crippen LogP contribution in [0.15, 0.2) is 24.4 Å². The Balaban J connectivity index is 2.04. The summed E-state index contributed by atoms with van der Waals surface area (Å²) in [6.07, 6.45) is 2.43. The third-order valence-corrected chi connectivity index (χ3v) is 5.35. The van der Waals surface area contributed by atoms with Gasteiger partial charge in [0.2, 0.25) is 10.0 Å². The van der Waals surface area contributed by atoms with Crippen LogP contribution in [0.3, 0.4) is 0 Å². The number of benzene rings is 1. The first-order valence-electron chi connectivity index (χ1n) is 7.37. The molecular formula is C16H24N2O3S. The summed E-state index contributed by atoms with van der Waals surface area (Å²) in [7, 11) is 0.224. The second-order valence-electron chi connectivity index (χ2n) is 5.76. The molecule has 1 heterocycles. The lowest BCUT2D eigenvalue weighted by molar-refractivity contribution is 0.136. The minimum absolute atomic E-state index is 0.0156. The van der Waals surface area contributed by atoms with E-state index in [1.807, 2.05) is 7.05 Å². The van der Waals surface area contributed by atoms with Gasteiger partial charge in [-0.15, -0.1) is 0 Å². The molecule has 1 N–H and O–H groups in total. The van der Waals surface area contributed by atoms with Crippen LogP contribution in [0.25, 0.3) is 10.9 Å². The van der Waals surface area contributed by atoms with Crippen LogP contribution in [0.2, 0.25) is 0 Å². The molecule has 6 heteroatoms. The molecule has 0 amide bonds. The number of methoxy groups -OCH3 is 1. The molecule has 22 heavy (non-hydrogen) atoms. The second-order valence-corrected chi connectivity index (χ2v) is 7.61. The maximum atomic E-state index is 11.9. The lowest BCUT2D eigenvalue weighted by atomic mass is 10.1. The molecule has 0 radical (unpaired) electrons. The maximum absolute atomic E-state index is 11.9. The standard InChI is InChI=1S/C16H24N2O3S/c1-12-5-6-15-14(10-18(3)16(15)9-12)7-8-17-22(19,20)11-13(2)21-4/h5-6,9-10,13,17H,7-8,11H2,1-4H3. The van der Waals surface area contributed by atoms with Gasteiger partial charge in [-0.2, -0.15) is 0 Å². The van der Waals surface area contributed by atoms with Gasteiger partial charge >= 0.3 is 0 Å². The van der Waals surface area contributed by atoms with E-state index in [4.69, 9.17) is 4.74 Å². The number of aryl methyl sites for hydroxylation is 2. The fourth-order valence-corrected chi connectivity index (χ4v) is 3.84. The molecule has 2 aromatic rings. The van der Waals surface area contributed by atoms with Crippen molar-refractivity contribution in [3.63, 3.8) is 0 Å². The van der Waals surface area contributed by atoms with Crippen LogP contribution in [0.5, 0.6) is 0 Å². The van der Waals surface area contributed by atoms with E-state index >= 15 is 0 Å². The molecule has 0 bridgehead atoms. The Morgan fingerprint density at radius 3 is 2.77 bits per heavy atom. The van der Waals surface area contributed by atoms with E-state index in [9.17, 15) is 8.42 Å². The minimum atomic E-state index is -3.30. The van der Waals surface area contributed by atoms with Crippen molar-refractivity contribution in [1.29, 1.82) is 0 Å². The highest BCUT2D eigenvalue weighted by atomic mass is 32.2. The molecule has 2 rings (SSSR count). The quantitative estimate of drug-likeness (QED) is 0.847. The Morgan fingerprint density at radius 2 is 2.09 bits per heavy atom. The van der Waals surface area contributed by atoms with E-state index < -0.39 is 10.0 Å². The number of hydrogen-bond donors (Lipinski definition) is 1. The summed E-state index contributed by atoms with van der Waals surface area (Å²) in [6.45, 7) is 4.20. The molecule has 0 saturated heterocycles. The van der Waals surface area contributed by atoms with Crippen molar-refractivity contribution in [2.75, 3.05) is 19.4 Å². The van der Waals surface area contributed by atoms with E-state index in [0.29, 0.717) is 13.0 Å². The van der Waals surface area contributed by atoms with Gasteiger partial charge in [0.25, 0.3) is 0 Å². The number of aromatic nitrogens is 1. The smallest absolute Gasteiger partial charge is 0.214 e. The van der Waals surface area contributed by atoms with Gasteiger partial charge in [0, 0.05) is 37.8 Å². The minimum Gasteiger partial charge on any atom is -0.381 e. The van der Waals surface area contributed by atoms with Crippen molar-refractivity contribution in [3.05, 3.63) is 35.5 Å². The summed E-state index contributed by atoms with van der Waals surface area (Å²) >= 11 is 0. The predicted octanol–water partition coefficient (Wildman–Crippen LogP) is 1.98. The highest BCUT2D eigenvalue weighted by Crippen LogP contribution is 2.22. The van der Waals surface area contributed by atoms with Gasteiger partial charge < -0.3 is 9.30 Å². The van der Waals surface area contributed by atoms with Crippen LogP contribution in [-0.2, 0) is 28.2 Å². The van der Waals surface area contributed by atoms with Gasteiger partial charge in [-0.25, -0.2) is 13.1 Å². The molecule has 0 aliphatic carbocycles.